The van der Waals surface area contributed by atoms with Crippen molar-refractivity contribution in [3.8, 4) is 5.75 Å². The van der Waals surface area contributed by atoms with Gasteiger partial charge in [-0.3, -0.25) is 19.0 Å². The molecular formula is C36H42F2N5O5+. The molecule has 0 radical (unpaired) electrons. The van der Waals surface area contributed by atoms with E-state index >= 15 is 0 Å². The molecule has 10 nitrogen and oxygen atoms in total. The Morgan fingerprint density at radius 3 is 2.54 bits per heavy atom. The van der Waals surface area contributed by atoms with Crippen LogP contribution in [-0.2, 0) is 9.53 Å². The van der Waals surface area contributed by atoms with Crippen molar-refractivity contribution in [2.45, 2.75) is 45.4 Å². The Morgan fingerprint density at radius 2 is 1.90 bits per heavy atom. The minimum atomic E-state index is -0.720. The lowest BCUT2D eigenvalue weighted by molar-refractivity contribution is -0.861. The molecule has 12 heteroatoms. The van der Waals surface area contributed by atoms with Crippen LogP contribution in [0.1, 0.15) is 56.9 Å². The van der Waals surface area contributed by atoms with Crippen molar-refractivity contribution < 1.29 is 37.1 Å². The largest absolute Gasteiger partial charge is 0.484 e. The maximum absolute atomic E-state index is 14.9. The fourth-order valence-corrected chi connectivity index (χ4v) is 5.93. The third-order valence-electron chi connectivity index (χ3n) is 9.40. The molecule has 2 saturated heterocycles. The topological polar surface area (TPSA) is 110 Å². The van der Waals surface area contributed by atoms with Gasteiger partial charge in [0.05, 0.1) is 31.8 Å². The van der Waals surface area contributed by atoms with Gasteiger partial charge in [0.2, 0.25) is 0 Å². The molecule has 4 atom stereocenters. The Morgan fingerprint density at radius 1 is 1.12 bits per heavy atom. The van der Waals surface area contributed by atoms with E-state index in [9.17, 15) is 23.2 Å². The van der Waals surface area contributed by atoms with Crippen LogP contribution in [0, 0.1) is 25.5 Å². The summed E-state index contributed by atoms with van der Waals surface area (Å²) >= 11 is 0. The average Bonchev–Trinajstić information content (AvgIpc) is 3.03. The van der Waals surface area contributed by atoms with Gasteiger partial charge in [-0.15, -0.1) is 0 Å². The summed E-state index contributed by atoms with van der Waals surface area (Å²) in [6.07, 6.45) is 2.70. The molecular weight excluding hydrogens is 620 g/mol. The van der Waals surface area contributed by atoms with E-state index < -0.39 is 29.6 Å². The molecule has 48 heavy (non-hydrogen) atoms. The summed E-state index contributed by atoms with van der Waals surface area (Å²) in [6.45, 7) is 12.0. The molecule has 0 saturated carbocycles. The van der Waals surface area contributed by atoms with Crippen LogP contribution in [0.2, 0.25) is 0 Å². The highest BCUT2D eigenvalue weighted by atomic mass is 19.1. The molecule has 254 valence electrons. The van der Waals surface area contributed by atoms with Gasteiger partial charge < -0.3 is 20.1 Å². The third kappa shape index (κ3) is 7.61. The van der Waals surface area contributed by atoms with Gasteiger partial charge in [-0.25, -0.2) is 18.6 Å². The van der Waals surface area contributed by atoms with E-state index in [1.165, 1.54) is 36.5 Å². The number of amides is 3. The van der Waals surface area contributed by atoms with Crippen molar-refractivity contribution in [1.82, 2.24) is 15.2 Å². The van der Waals surface area contributed by atoms with Gasteiger partial charge >= 0.3 is 5.91 Å². The maximum atomic E-state index is 14.9. The zero-order valence-electron chi connectivity index (χ0n) is 27.7. The number of ether oxygens (including phenoxy) is 2. The summed E-state index contributed by atoms with van der Waals surface area (Å²) in [5, 5.41) is 5.35. The van der Waals surface area contributed by atoms with Crippen molar-refractivity contribution in [2.75, 3.05) is 51.7 Å². The van der Waals surface area contributed by atoms with Gasteiger partial charge in [0.25, 0.3) is 11.8 Å². The van der Waals surface area contributed by atoms with E-state index in [2.05, 4.69) is 27.1 Å². The molecule has 2 aliphatic rings. The van der Waals surface area contributed by atoms with E-state index in [0.29, 0.717) is 49.5 Å². The van der Waals surface area contributed by atoms with E-state index in [-0.39, 0.29) is 51.8 Å². The predicted octanol–water partition coefficient (Wildman–Crippen LogP) is 4.73. The predicted molar refractivity (Wildman–Crippen MR) is 177 cm³/mol. The number of nitrogens with one attached hydrogen (secondary N) is 2. The van der Waals surface area contributed by atoms with Gasteiger partial charge in [-0.2, -0.15) is 0 Å². The minimum absolute atomic E-state index is 0.0429. The van der Waals surface area contributed by atoms with Crippen LogP contribution in [0.3, 0.4) is 0 Å². The number of aryl methyl sites for hydroxylation is 2. The molecule has 3 aromatic rings. The van der Waals surface area contributed by atoms with Crippen LogP contribution in [0.25, 0.3) is 0 Å². The quantitative estimate of drug-likeness (QED) is 0.226. The van der Waals surface area contributed by atoms with Crippen molar-refractivity contribution in [2.24, 2.45) is 0 Å². The SMILES string of the molecule is C=CC(=O)[N+]1(C)CCN(C[C@@H](Oc2cc(C)c(C(=O)Nc3ncccc3F)cc2C(=O)NC[C@H]2CCO2)c2ccc(C)c(F)c2)C[C@H]1C. The Hall–Kier alpha value is -4.52. The highest BCUT2D eigenvalue weighted by Crippen LogP contribution is 2.32. The molecule has 5 rings (SSSR count). The van der Waals surface area contributed by atoms with Crippen LogP contribution in [-0.4, -0.2) is 90.6 Å². The molecule has 2 aromatic carbocycles. The van der Waals surface area contributed by atoms with E-state index in [1.807, 2.05) is 14.0 Å². The van der Waals surface area contributed by atoms with Crippen molar-refractivity contribution >= 4 is 23.5 Å². The number of rotatable bonds is 11. The lowest BCUT2D eigenvalue weighted by atomic mass is 10.0. The molecule has 3 amide bonds. The van der Waals surface area contributed by atoms with Crippen molar-refractivity contribution in [3.63, 3.8) is 0 Å². The van der Waals surface area contributed by atoms with E-state index in [4.69, 9.17) is 9.47 Å². The Kier molecular flexibility index (Phi) is 10.7. The molecule has 0 spiro atoms. The molecule has 1 unspecified atom stereocenters. The minimum Gasteiger partial charge on any atom is -0.484 e. The average molecular weight is 663 g/mol. The first-order chi connectivity index (χ1) is 22.9. The smallest absolute Gasteiger partial charge is 0.338 e. The zero-order chi connectivity index (χ0) is 34.6. The number of halogens is 2. The fraction of sp³-hybridized carbons (Fsp3) is 0.389. The van der Waals surface area contributed by atoms with Crippen LogP contribution in [0.5, 0.6) is 5.75 Å². The third-order valence-corrected chi connectivity index (χ3v) is 9.40. The van der Waals surface area contributed by atoms with Crippen LogP contribution >= 0.6 is 0 Å². The summed E-state index contributed by atoms with van der Waals surface area (Å²) in [4.78, 5) is 45.7. The number of hydrogen-bond acceptors (Lipinski definition) is 7. The second-order valence-electron chi connectivity index (χ2n) is 12.7. The summed E-state index contributed by atoms with van der Waals surface area (Å²) in [5.41, 5.74) is 1.72. The van der Waals surface area contributed by atoms with E-state index in [0.717, 1.165) is 6.42 Å². The molecule has 2 aliphatic heterocycles. The maximum Gasteiger partial charge on any atom is 0.338 e. The number of anilines is 1. The lowest BCUT2D eigenvalue weighted by Gasteiger charge is -2.45. The summed E-state index contributed by atoms with van der Waals surface area (Å²) < 4.78 is 41.5. The Bertz CT molecular complexity index is 1710. The normalized spacial score (nSPS) is 21.5. The lowest BCUT2D eigenvalue weighted by Crippen LogP contribution is -2.65. The second-order valence-corrected chi connectivity index (χ2v) is 12.7. The number of carbonyl (C=O) groups excluding carboxylic acids is 3. The fourth-order valence-electron chi connectivity index (χ4n) is 5.93. The van der Waals surface area contributed by atoms with Crippen LogP contribution in [0.4, 0.5) is 14.6 Å². The highest BCUT2D eigenvalue weighted by Gasteiger charge is 2.41. The first kappa shape index (κ1) is 34.8. The highest BCUT2D eigenvalue weighted by molar-refractivity contribution is 6.07. The number of aromatic nitrogens is 1. The standard InChI is InChI=1S/C36H41F2N5O5/c1-6-33(44)43(5)14-13-42(20-24(43)4)21-32(25-10-9-22(2)30(38)17-25)48-31-16-23(3)27(36(46)41-34-29(37)8-7-12-39-34)18-28(31)35(45)40-19-26-11-15-47-26/h6-10,12,16-18,24,26,32H,1,11,13-15,19-21H2,2-5H3,(H-,39,40,41,45,46)/p+1/t24-,26-,32-,43?/m1/s1. The van der Waals surface area contributed by atoms with Crippen LogP contribution in [0.15, 0.2) is 61.3 Å². The van der Waals surface area contributed by atoms with E-state index in [1.54, 1.807) is 32.0 Å². The first-order valence-corrected chi connectivity index (χ1v) is 16.0. The van der Waals surface area contributed by atoms with Gasteiger partial charge in [0.1, 0.15) is 23.7 Å². The summed E-state index contributed by atoms with van der Waals surface area (Å²) in [6, 6.07) is 10.5. The molecule has 2 N–H and O–H groups in total. The Labute approximate surface area is 279 Å². The van der Waals surface area contributed by atoms with Crippen molar-refractivity contribution in [1.29, 1.82) is 0 Å². The molecule has 0 aliphatic carbocycles. The Balaban J connectivity index is 1.48. The number of benzene rings is 2. The number of hydrogen-bond donors (Lipinski definition) is 2. The van der Waals surface area contributed by atoms with Gasteiger partial charge in [-0.1, -0.05) is 18.7 Å². The molecule has 1 aromatic heterocycles. The number of nitrogens with zero attached hydrogens (tertiary/aromatic N) is 3. The van der Waals surface area contributed by atoms with Crippen LogP contribution < -0.4 is 15.4 Å². The van der Waals surface area contributed by atoms with Gasteiger partial charge in [0, 0.05) is 44.1 Å². The summed E-state index contributed by atoms with van der Waals surface area (Å²) in [7, 11) is 1.90. The number of carbonyl (C=O) groups is 3. The number of pyridine rings is 1. The number of likely N-dealkylation sites (N-methyl/N-ethyl adjacent to an activating group) is 1. The second kappa shape index (κ2) is 14.7. The monoisotopic (exact) mass is 662 g/mol. The molecule has 3 heterocycles. The number of piperazine rings is 1. The van der Waals surface area contributed by atoms with Gasteiger partial charge in [0.15, 0.2) is 11.6 Å². The first-order valence-electron chi connectivity index (χ1n) is 16.0. The van der Waals surface area contributed by atoms with Crippen molar-refractivity contribution in [3.05, 3.63) is 101 Å². The molecule has 2 fully saturated rings. The molecule has 0 bridgehead atoms. The van der Waals surface area contributed by atoms with Gasteiger partial charge in [-0.05, 0) is 74.2 Å². The zero-order valence-corrected chi connectivity index (χ0v) is 27.7. The number of quaternary nitrogens is 1. The summed E-state index contributed by atoms with van der Waals surface area (Å²) in [5.74, 6) is -2.33.